The normalized spacial score (nSPS) is 11.7. The number of thiophene rings is 1. The van der Waals surface area contributed by atoms with Crippen LogP contribution in [0.2, 0.25) is 0 Å². The van der Waals surface area contributed by atoms with Gasteiger partial charge in [-0.05, 0) is 53.8 Å². The molecule has 3 heterocycles. The van der Waals surface area contributed by atoms with E-state index in [2.05, 4.69) is 10.3 Å². The Bertz CT molecular complexity index is 1160. The molecule has 0 aliphatic carbocycles. The summed E-state index contributed by atoms with van der Waals surface area (Å²) in [6, 6.07) is 17.7. The van der Waals surface area contributed by atoms with Crippen LogP contribution in [0.3, 0.4) is 0 Å². The molecule has 32 heavy (non-hydrogen) atoms. The summed E-state index contributed by atoms with van der Waals surface area (Å²) in [5, 5.41) is 4.87. The Morgan fingerprint density at radius 3 is 2.66 bits per heavy atom. The molecule has 1 N–H and O–H groups in total. The number of aromatic nitrogens is 1. The van der Waals surface area contributed by atoms with Crippen molar-refractivity contribution in [1.29, 1.82) is 0 Å². The van der Waals surface area contributed by atoms with E-state index in [4.69, 9.17) is 4.42 Å². The number of nitrogens with zero attached hydrogens (tertiary/aromatic N) is 2. The number of benzene rings is 1. The predicted molar refractivity (Wildman–Crippen MR) is 124 cm³/mol. The van der Waals surface area contributed by atoms with Crippen LogP contribution in [0.25, 0.3) is 0 Å². The van der Waals surface area contributed by atoms with Crippen LogP contribution in [0.15, 0.2) is 89.1 Å². The molecule has 4 rings (SSSR count). The fourth-order valence-corrected chi connectivity index (χ4v) is 4.25. The standard InChI is InChI=1S/C25H23N3O3S/c1-18-7-2-3-11-22(18)24(25(30)27-17-20-9-5-13-31-20)28(19-8-4-12-26-16-19)23(29)15-21-10-6-14-32-21/h2-14,16,24H,15,17H2,1H3,(H,27,30). The Kier molecular flexibility index (Phi) is 6.77. The van der Waals surface area contributed by atoms with Gasteiger partial charge in [-0.3, -0.25) is 19.5 Å². The summed E-state index contributed by atoms with van der Waals surface area (Å²) in [7, 11) is 0. The van der Waals surface area contributed by atoms with E-state index >= 15 is 0 Å². The smallest absolute Gasteiger partial charge is 0.248 e. The maximum absolute atomic E-state index is 13.6. The van der Waals surface area contributed by atoms with E-state index < -0.39 is 6.04 Å². The second-order valence-corrected chi connectivity index (χ2v) is 8.32. The van der Waals surface area contributed by atoms with Gasteiger partial charge >= 0.3 is 0 Å². The average Bonchev–Trinajstić information content (AvgIpc) is 3.51. The van der Waals surface area contributed by atoms with E-state index in [0.717, 1.165) is 16.0 Å². The van der Waals surface area contributed by atoms with Crippen molar-refractivity contribution in [3.63, 3.8) is 0 Å². The van der Waals surface area contributed by atoms with E-state index in [0.29, 0.717) is 11.4 Å². The zero-order chi connectivity index (χ0) is 22.3. The lowest BCUT2D eigenvalue weighted by atomic mass is 9.98. The number of pyridine rings is 1. The molecule has 1 unspecified atom stereocenters. The van der Waals surface area contributed by atoms with Crippen LogP contribution >= 0.6 is 11.3 Å². The lowest BCUT2D eigenvalue weighted by Gasteiger charge is -2.32. The molecule has 0 radical (unpaired) electrons. The first-order valence-electron chi connectivity index (χ1n) is 10.2. The van der Waals surface area contributed by atoms with Gasteiger partial charge in [-0.2, -0.15) is 0 Å². The number of nitrogens with one attached hydrogen (secondary N) is 1. The Balaban J connectivity index is 1.74. The van der Waals surface area contributed by atoms with Gasteiger partial charge in [0.2, 0.25) is 11.8 Å². The molecule has 3 aromatic heterocycles. The summed E-state index contributed by atoms with van der Waals surface area (Å²) < 4.78 is 5.35. The highest BCUT2D eigenvalue weighted by molar-refractivity contribution is 7.10. The number of anilines is 1. The monoisotopic (exact) mass is 445 g/mol. The van der Waals surface area contributed by atoms with Crippen molar-refractivity contribution in [1.82, 2.24) is 10.3 Å². The van der Waals surface area contributed by atoms with Gasteiger partial charge in [0, 0.05) is 11.1 Å². The largest absolute Gasteiger partial charge is 0.467 e. The predicted octanol–water partition coefficient (Wildman–Crippen LogP) is 4.68. The second kappa shape index (κ2) is 10.1. The zero-order valence-electron chi connectivity index (χ0n) is 17.6. The molecular weight excluding hydrogens is 422 g/mol. The van der Waals surface area contributed by atoms with Crippen LogP contribution in [0, 0.1) is 6.92 Å². The van der Waals surface area contributed by atoms with Gasteiger partial charge in [0.25, 0.3) is 0 Å². The number of amides is 2. The summed E-state index contributed by atoms with van der Waals surface area (Å²) in [6.07, 6.45) is 5.01. The summed E-state index contributed by atoms with van der Waals surface area (Å²) in [4.78, 5) is 33.8. The lowest BCUT2D eigenvalue weighted by molar-refractivity contribution is -0.126. The van der Waals surface area contributed by atoms with Gasteiger partial charge in [0.15, 0.2) is 0 Å². The Hall–Kier alpha value is -3.71. The fraction of sp³-hybridized carbons (Fsp3) is 0.160. The average molecular weight is 446 g/mol. The summed E-state index contributed by atoms with van der Waals surface area (Å²) >= 11 is 1.52. The molecule has 0 aliphatic heterocycles. The first-order chi connectivity index (χ1) is 15.6. The molecule has 1 aromatic carbocycles. The zero-order valence-corrected chi connectivity index (χ0v) is 18.4. The lowest BCUT2D eigenvalue weighted by Crippen LogP contribution is -2.44. The summed E-state index contributed by atoms with van der Waals surface area (Å²) in [5.74, 6) is 0.167. The third-order valence-corrected chi connectivity index (χ3v) is 5.98. The van der Waals surface area contributed by atoms with Crippen LogP contribution < -0.4 is 10.2 Å². The molecule has 0 saturated carbocycles. The minimum Gasteiger partial charge on any atom is -0.467 e. The van der Waals surface area contributed by atoms with Gasteiger partial charge in [0.05, 0.1) is 31.1 Å². The Morgan fingerprint density at radius 1 is 1.09 bits per heavy atom. The van der Waals surface area contributed by atoms with E-state index in [-0.39, 0.29) is 24.8 Å². The first-order valence-corrected chi connectivity index (χ1v) is 11.1. The van der Waals surface area contributed by atoms with Crippen LogP contribution in [0.5, 0.6) is 0 Å². The summed E-state index contributed by atoms with van der Waals surface area (Å²) in [6.45, 7) is 2.17. The van der Waals surface area contributed by atoms with Gasteiger partial charge < -0.3 is 9.73 Å². The van der Waals surface area contributed by atoms with Crippen molar-refractivity contribution >= 4 is 28.8 Å². The van der Waals surface area contributed by atoms with Crippen LogP contribution in [-0.2, 0) is 22.6 Å². The highest BCUT2D eigenvalue weighted by atomic mass is 32.1. The molecule has 0 spiro atoms. The van der Waals surface area contributed by atoms with Crippen LogP contribution in [0.1, 0.15) is 27.8 Å². The van der Waals surface area contributed by atoms with Crippen molar-refractivity contribution in [3.8, 4) is 0 Å². The molecule has 0 bridgehead atoms. The number of hydrogen-bond acceptors (Lipinski definition) is 5. The van der Waals surface area contributed by atoms with Crippen molar-refractivity contribution in [2.45, 2.75) is 25.9 Å². The molecule has 7 heteroatoms. The van der Waals surface area contributed by atoms with Crippen molar-refractivity contribution in [3.05, 3.63) is 106 Å². The Labute approximate surface area is 190 Å². The quantitative estimate of drug-likeness (QED) is 0.427. The van der Waals surface area contributed by atoms with Gasteiger partial charge in [-0.15, -0.1) is 11.3 Å². The third-order valence-electron chi connectivity index (χ3n) is 5.10. The molecule has 1 atom stereocenters. The van der Waals surface area contributed by atoms with Crippen LogP contribution in [0.4, 0.5) is 5.69 Å². The topological polar surface area (TPSA) is 75.4 Å². The number of hydrogen-bond donors (Lipinski definition) is 1. The maximum atomic E-state index is 13.6. The molecule has 6 nitrogen and oxygen atoms in total. The fourth-order valence-electron chi connectivity index (χ4n) is 3.56. The molecule has 0 fully saturated rings. The van der Waals surface area contributed by atoms with Crippen LogP contribution in [-0.4, -0.2) is 16.8 Å². The molecule has 162 valence electrons. The number of aryl methyl sites for hydroxylation is 1. The van der Waals surface area contributed by atoms with E-state index in [1.807, 2.05) is 48.7 Å². The van der Waals surface area contributed by atoms with Crippen molar-refractivity contribution < 1.29 is 14.0 Å². The van der Waals surface area contributed by atoms with Crippen molar-refractivity contribution in [2.75, 3.05) is 4.90 Å². The number of carbonyl (C=O) groups excluding carboxylic acids is 2. The third kappa shape index (κ3) is 4.95. The minimum absolute atomic E-state index is 0.179. The minimum atomic E-state index is -0.858. The maximum Gasteiger partial charge on any atom is 0.248 e. The molecule has 2 amide bonds. The van der Waals surface area contributed by atoms with Gasteiger partial charge in [-0.1, -0.05) is 30.3 Å². The number of furan rings is 1. The molecule has 4 aromatic rings. The highest BCUT2D eigenvalue weighted by Gasteiger charge is 2.33. The van der Waals surface area contributed by atoms with Crippen molar-refractivity contribution in [2.24, 2.45) is 0 Å². The molecular formula is C25H23N3O3S. The van der Waals surface area contributed by atoms with Gasteiger partial charge in [0.1, 0.15) is 11.8 Å². The van der Waals surface area contributed by atoms with E-state index in [1.165, 1.54) is 11.3 Å². The summed E-state index contributed by atoms with van der Waals surface area (Å²) in [5.41, 5.74) is 2.24. The first kappa shape index (κ1) is 21.5. The Morgan fingerprint density at radius 2 is 1.97 bits per heavy atom. The highest BCUT2D eigenvalue weighted by Crippen LogP contribution is 2.30. The number of carbonyl (C=O) groups is 2. The number of rotatable bonds is 8. The van der Waals surface area contributed by atoms with E-state index in [1.54, 1.807) is 47.8 Å². The van der Waals surface area contributed by atoms with Gasteiger partial charge in [-0.25, -0.2) is 0 Å². The van der Waals surface area contributed by atoms with E-state index in [9.17, 15) is 9.59 Å². The second-order valence-electron chi connectivity index (χ2n) is 7.29. The SMILES string of the molecule is Cc1ccccc1C(C(=O)NCc1ccco1)N(C(=O)Cc1cccs1)c1cccnc1. The molecule has 0 aliphatic rings. The molecule has 0 saturated heterocycles.